The zero-order valence-corrected chi connectivity index (χ0v) is 30.6. The van der Waals surface area contributed by atoms with Gasteiger partial charge >= 0.3 is 0 Å². The van der Waals surface area contributed by atoms with E-state index in [2.05, 4.69) is 154 Å². The largest absolute Gasteiger partial charge is 0.309 e. The highest BCUT2D eigenvalue weighted by Gasteiger charge is 2.21. The Bertz CT molecular complexity index is 3370. The summed E-state index contributed by atoms with van der Waals surface area (Å²) in [4.78, 5) is 0. The first-order chi connectivity index (χ1) is 27.6. The van der Waals surface area contributed by atoms with Crippen molar-refractivity contribution >= 4 is 66.7 Å². The summed E-state index contributed by atoms with van der Waals surface area (Å²) in [5.74, 6) is 0. The van der Waals surface area contributed by atoms with Gasteiger partial charge in [-0.15, -0.1) is 0 Å². The van der Waals surface area contributed by atoms with Crippen molar-refractivity contribution in [3.63, 3.8) is 0 Å². The van der Waals surface area contributed by atoms with Crippen LogP contribution in [0.15, 0.2) is 164 Å². The second kappa shape index (κ2) is 12.9. The Labute approximate surface area is 323 Å². The summed E-state index contributed by atoms with van der Waals surface area (Å²) in [5, 5.41) is 26.4. The molecule has 5 nitrogen and oxygen atoms in total. The Morgan fingerprint density at radius 2 is 1.09 bits per heavy atom. The number of nitrogens with zero attached hydrogens (tertiary/aromatic N) is 5. The summed E-state index contributed by atoms with van der Waals surface area (Å²) in [5.41, 5.74) is 13.1. The first-order valence-electron chi connectivity index (χ1n) is 18.6. The van der Waals surface area contributed by atoms with Crippen LogP contribution < -0.4 is 0 Å². The molecule has 0 fully saturated rings. The number of nitriles is 2. The summed E-state index contributed by atoms with van der Waals surface area (Å²) in [6, 6.07) is 57.0. The average molecular weight is 716 g/mol. The van der Waals surface area contributed by atoms with Crippen molar-refractivity contribution in [2.45, 2.75) is 6.92 Å². The second-order valence-corrected chi connectivity index (χ2v) is 13.9. The molecular weight excluding hydrogens is 683 g/mol. The van der Waals surface area contributed by atoms with Crippen LogP contribution in [0.1, 0.15) is 29.3 Å². The van der Waals surface area contributed by atoms with E-state index in [9.17, 15) is 10.5 Å². The molecule has 7 aromatic carbocycles. The molecule has 0 N–H and O–H groups in total. The molecule has 3 aromatic heterocycles. The van der Waals surface area contributed by atoms with Crippen LogP contribution in [0.25, 0.3) is 94.9 Å². The fourth-order valence-corrected chi connectivity index (χ4v) is 8.74. The number of aromatic nitrogens is 3. The number of allylic oxidation sites excluding steroid dienone is 1. The lowest BCUT2D eigenvalue weighted by Crippen LogP contribution is -2.01. The molecule has 0 amide bonds. The minimum atomic E-state index is 0.548. The highest BCUT2D eigenvalue weighted by atomic mass is 15.0. The molecular formula is C51H33N5. The van der Waals surface area contributed by atoms with E-state index in [1.807, 2.05) is 55.5 Å². The molecule has 5 heteroatoms. The quantitative estimate of drug-likeness (QED) is 0.172. The van der Waals surface area contributed by atoms with E-state index in [0.717, 1.165) is 88.6 Å². The van der Waals surface area contributed by atoms with Gasteiger partial charge in [-0.2, -0.15) is 10.5 Å². The van der Waals surface area contributed by atoms with Crippen LogP contribution in [0.5, 0.6) is 0 Å². The molecule has 56 heavy (non-hydrogen) atoms. The average Bonchev–Trinajstić information content (AvgIpc) is 3.89. The molecule has 262 valence electrons. The van der Waals surface area contributed by atoms with Gasteiger partial charge in [-0.25, -0.2) is 0 Å². The molecule has 0 radical (unpaired) electrons. The van der Waals surface area contributed by atoms with Gasteiger partial charge in [-0.1, -0.05) is 110 Å². The Morgan fingerprint density at radius 3 is 1.82 bits per heavy atom. The highest BCUT2D eigenvalue weighted by Crippen LogP contribution is 2.41. The topological polar surface area (TPSA) is 62.4 Å². The maximum atomic E-state index is 10.8. The van der Waals surface area contributed by atoms with Crippen molar-refractivity contribution in [3.8, 4) is 40.3 Å². The summed E-state index contributed by atoms with van der Waals surface area (Å²) in [7, 11) is 0. The molecule has 10 rings (SSSR count). The number of rotatable bonds is 6. The minimum absolute atomic E-state index is 0.548. The maximum absolute atomic E-state index is 10.8. The van der Waals surface area contributed by atoms with Crippen LogP contribution in [-0.4, -0.2) is 13.7 Å². The SMILES string of the molecule is C=Cc1c(/C=C\C)c2ccccc2n1-c1ccc2c(c1)c1ccccc1n2-c1ccccc1-c1ccc(-n2c3ccccc3c3cccc(C#N)c32)cc1C#N. The zero-order chi connectivity index (χ0) is 37.9. The van der Waals surface area contributed by atoms with E-state index in [4.69, 9.17) is 0 Å². The van der Waals surface area contributed by atoms with Gasteiger partial charge in [0, 0.05) is 55.0 Å². The Hall–Kier alpha value is -7.86. The number of benzene rings is 7. The van der Waals surface area contributed by atoms with E-state index in [1.54, 1.807) is 0 Å². The van der Waals surface area contributed by atoms with Crippen molar-refractivity contribution in [1.29, 1.82) is 10.5 Å². The predicted octanol–water partition coefficient (Wildman–Crippen LogP) is 12.9. The molecule has 0 spiro atoms. The number of hydrogen-bond acceptors (Lipinski definition) is 2. The molecule has 0 saturated carbocycles. The highest BCUT2D eigenvalue weighted by molar-refractivity contribution is 6.12. The standard InChI is InChI=1S/C51H33N5/c1-3-14-38-40-17-6-9-21-46(40)54(45(38)4-2)36-26-28-50-44(30-36)42-19-8-12-24-49(42)56(50)48-23-11-5-16-39(48)37-27-25-35(29-34(37)32-53)55-47-22-10-7-18-41(47)43-20-13-15-33(31-52)51(43)55/h3-30H,2H2,1H3/b14-3-. The second-order valence-electron chi connectivity index (χ2n) is 13.9. The lowest BCUT2D eigenvalue weighted by Gasteiger charge is -2.16. The fraction of sp³-hybridized carbons (Fsp3) is 0.0196. The van der Waals surface area contributed by atoms with Gasteiger partial charge in [0.25, 0.3) is 0 Å². The summed E-state index contributed by atoms with van der Waals surface area (Å²) in [6.07, 6.45) is 6.18. The predicted molar refractivity (Wildman–Crippen MR) is 232 cm³/mol. The van der Waals surface area contributed by atoms with Crippen molar-refractivity contribution in [2.24, 2.45) is 0 Å². The Balaban J connectivity index is 1.18. The third kappa shape index (κ3) is 4.72. The van der Waals surface area contributed by atoms with Gasteiger partial charge in [0.05, 0.1) is 56.2 Å². The van der Waals surface area contributed by atoms with Gasteiger partial charge in [-0.3, -0.25) is 0 Å². The van der Waals surface area contributed by atoms with Crippen LogP contribution in [0.2, 0.25) is 0 Å². The van der Waals surface area contributed by atoms with Gasteiger partial charge < -0.3 is 13.7 Å². The minimum Gasteiger partial charge on any atom is -0.309 e. The molecule has 0 unspecified atom stereocenters. The Kier molecular flexibility index (Phi) is 7.56. The fourth-order valence-electron chi connectivity index (χ4n) is 8.74. The molecule has 10 aromatic rings. The molecule has 0 aliphatic heterocycles. The monoisotopic (exact) mass is 715 g/mol. The third-order valence-corrected chi connectivity index (χ3v) is 11.0. The third-order valence-electron chi connectivity index (χ3n) is 11.0. The van der Waals surface area contributed by atoms with Crippen LogP contribution >= 0.6 is 0 Å². The number of fused-ring (bicyclic) bond motifs is 7. The van der Waals surface area contributed by atoms with Crippen LogP contribution in [0, 0.1) is 22.7 Å². The lowest BCUT2D eigenvalue weighted by molar-refractivity contribution is 1.11. The lowest BCUT2D eigenvalue weighted by atomic mass is 9.97. The van der Waals surface area contributed by atoms with E-state index in [-0.39, 0.29) is 0 Å². The summed E-state index contributed by atoms with van der Waals surface area (Å²) >= 11 is 0. The smallest absolute Gasteiger partial charge is 0.101 e. The van der Waals surface area contributed by atoms with E-state index >= 15 is 0 Å². The molecule has 0 aliphatic carbocycles. The van der Waals surface area contributed by atoms with Gasteiger partial charge in [0.1, 0.15) is 6.07 Å². The van der Waals surface area contributed by atoms with Crippen LogP contribution in [0.4, 0.5) is 0 Å². The first kappa shape index (κ1) is 32.8. The normalized spacial score (nSPS) is 11.6. The van der Waals surface area contributed by atoms with E-state index in [1.165, 1.54) is 5.39 Å². The van der Waals surface area contributed by atoms with Crippen molar-refractivity contribution in [1.82, 2.24) is 13.7 Å². The van der Waals surface area contributed by atoms with E-state index in [0.29, 0.717) is 11.1 Å². The first-order valence-corrected chi connectivity index (χ1v) is 18.6. The zero-order valence-electron chi connectivity index (χ0n) is 30.6. The van der Waals surface area contributed by atoms with Crippen molar-refractivity contribution in [2.75, 3.05) is 0 Å². The maximum Gasteiger partial charge on any atom is 0.101 e. The molecule has 3 heterocycles. The van der Waals surface area contributed by atoms with E-state index < -0.39 is 0 Å². The van der Waals surface area contributed by atoms with Crippen LogP contribution in [-0.2, 0) is 0 Å². The molecule has 0 bridgehead atoms. The Morgan fingerprint density at radius 1 is 0.500 bits per heavy atom. The summed E-state index contributed by atoms with van der Waals surface area (Å²) in [6.45, 7) is 6.27. The number of para-hydroxylation sites is 5. The van der Waals surface area contributed by atoms with Crippen molar-refractivity contribution in [3.05, 3.63) is 187 Å². The van der Waals surface area contributed by atoms with Gasteiger partial charge in [0.2, 0.25) is 0 Å². The molecule has 0 saturated heterocycles. The van der Waals surface area contributed by atoms with Gasteiger partial charge in [0.15, 0.2) is 0 Å². The van der Waals surface area contributed by atoms with Crippen molar-refractivity contribution < 1.29 is 0 Å². The number of hydrogen-bond donors (Lipinski definition) is 0. The molecule has 0 aliphatic rings. The van der Waals surface area contributed by atoms with Crippen LogP contribution in [0.3, 0.4) is 0 Å². The molecule has 0 atom stereocenters. The summed E-state index contributed by atoms with van der Waals surface area (Å²) < 4.78 is 6.73. The van der Waals surface area contributed by atoms with Gasteiger partial charge in [-0.05, 0) is 73.7 Å².